The number of esters is 1. The molecule has 0 bridgehead atoms. The summed E-state index contributed by atoms with van der Waals surface area (Å²) >= 11 is 7.39. The summed E-state index contributed by atoms with van der Waals surface area (Å²) in [6, 6.07) is 31.3. The maximum absolute atomic E-state index is 13.2. The Labute approximate surface area is 246 Å². The van der Waals surface area contributed by atoms with Gasteiger partial charge in [0.15, 0.2) is 0 Å². The molecule has 0 radical (unpaired) electrons. The van der Waals surface area contributed by atoms with Crippen molar-refractivity contribution in [3.8, 4) is 22.9 Å². The summed E-state index contributed by atoms with van der Waals surface area (Å²) < 4.78 is 11.8. The molecular formula is C33H25ClN2O4S. The van der Waals surface area contributed by atoms with Crippen LogP contribution in [0, 0.1) is 11.3 Å². The number of amides is 1. The van der Waals surface area contributed by atoms with Crippen LogP contribution in [0.5, 0.6) is 5.75 Å². The predicted molar refractivity (Wildman–Crippen MR) is 161 cm³/mol. The van der Waals surface area contributed by atoms with Crippen molar-refractivity contribution in [1.29, 1.82) is 5.26 Å². The molecule has 5 aromatic rings. The fraction of sp³-hybridized carbons (Fsp3) is 0.121. The first-order chi connectivity index (χ1) is 19.9. The monoisotopic (exact) mass is 580 g/mol. The quantitative estimate of drug-likeness (QED) is 0.186. The zero-order chi connectivity index (χ0) is 28.8. The van der Waals surface area contributed by atoms with E-state index in [1.54, 1.807) is 12.1 Å². The van der Waals surface area contributed by atoms with E-state index in [0.29, 0.717) is 27.8 Å². The van der Waals surface area contributed by atoms with Crippen LogP contribution in [0.2, 0.25) is 5.02 Å². The Bertz CT molecular complexity index is 1720. The van der Waals surface area contributed by atoms with Crippen molar-refractivity contribution in [3.63, 3.8) is 0 Å². The van der Waals surface area contributed by atoms with E-state index in [9.17, 15) is 9.59 Å². The fourth-order valence-electron chi connectivity index (χ4n) is 4.34. The molecule has 204 valence electrons. The highest BCUT2D eigenvalue weighted by molar-refractivity contribution is 7.20. The minimum absolute atomic E-state index is 0.264. The summed E-state index contributed by atoms with van der Waals surface area (Å²) in [4.78, 5) is 26.3. The third-order valence-corrected chi connectivity index (χ3v) is 7.93. The van der Waals surface area contributed by atoms with E-state index in [-0.39, 0.29) is 12.3 Å². The number of benzene rings is 4. The number of nitriles is 1. The van der Waals surface area contributed by atoms with Gasteiger partial charge in [-0.3, -0.25) is 4.79 Å². The second-order valence-corrected chi connectivity index (χ2v) is 10.9. The molecule has 0 saturated carbocycles. The molecule has 5 rings (SSSR count). The third kappa shape index (κ3) is 6.93. The molecule has 1 heterocycles. The van der Waals surface area contributed by atoms with Gasteiger partial charge in [0.05, 0.1) is 23.6 Å². The number of halogens is 1. The Morgan fingerprint density at radius 1 is 0.902 bits per heavy atom. The summed E-state index contributed by atoms with van der Waals surface area (Å²) in [7, 11) is 1.30. The van der Waals surface area contributed by atoms with Gasteiger partial charge in [-0.25, -0.2) is 4.79 Å². The van der Waals surface area contributed by atoms with Crippen LogP contribution in [0.3, 0.4) is 0 Å². The third-order valence-electron chi connectivity index (χ3n) is 6.56. The number of carbonyl (C=O) groups is 2. The molecule has 41 heavy (non-hydrogen) atoms. The SMILES string of the molecule is COC(=O)C(Cc1ccc(OCc2ccc(C#N)cc2)cc1)NC(=O)c1cc2cc(-c3ccc(Cl)cc3)ccc2s1. The summed E-state index contributed by atoms with van der Waals surface area (Å²) in [5, 5.41) is 13.4. The number of nitrogens with one attached hydrogen (secondary N) is 1. The van der Waals surface area contributed by atoms with Crippen molar-refractivity contribution in [2.24, 2.45) is 0 Å². The van der Waals surface area contributed by atoms with Crippen LogP contribution in [-0.2, 0) is 22.6 Å². The number of thiophene rings is 1. The van der Waals surface area contributed by atoms with Gasteiger partial charge in [0, 0.05) is 16.1 Å². The van der Waals surface area contributed by atoms with Crippen LogP contribution in [0.4, 0.5) is 0 Å². The Hall–Kier alpha value is -4.64. The van der Waals surface area contributed by atoms with Crippen molar-refractivity contribution in [2.75, 3.05) is 7.11 Å². The first-order valence-corrected chi connectivity index (χ1v) is 14.0. The van der Waals surface area contributed by atoms with Gasteiger partial charge >= 0.3 is 5.97 Å². The van der Waals surface area contributed by atoms with Crippen LogP contribution < -0.4 is 10.1 Å². The largest absolute Gasteiger partial charge is 0.489 e. The minimum Gasteiger partial charge on any atom is -0.489 e. The number of hydrogen-bond acceptors (Lipinski definition) is 6. The maximum Gasteiger partial charge on any atom is 0.328 e. The number of nitrogens with zero attached hydrogens (tertiary/aromatic N) is 1. The lowest BCUT2D eigenvalue weighted by atomic mass is 10.0. The predicted octanol–water partition coefficient (Wildman–Crippen LogP) is 7.19. The Morgan fingerprint density at radius 2 is 1.59 bits per heavy atom. The number of carbonyl (C=O) groups excluding carboxylic acids is 2. The summed E-state index contributed by atoms with van der Waals surface area (Å²) in [5.74, 6) is -0.192. The van der Waals surface area contributed by atoms with E-state index in [2.05, 4.69) is 11.4 Å². The molecule has 0 aliphatic carbocycles. The average molecular weight is 581 g/mol. The van der Waals surface area contributed by atoms with Crippen molar-refractivity contribution >= 4 is 44.9 Å². The lowest BCUT2D eigenvalue weighted by Gasteiger charge is -2.16. The van der Waals surface area contributed by atoms with Gasteiger partial charge in [0.25, 0.3) is 5.91 Å². The van der Waals surface area contributed by atoms with Crippen molar-refractivity contribution in [1.82, 2.24) is 5.32 Å². The molecule has 0 aliphatic rings. The van der Waals surface area contributed by atoms with Gasteiger partial charge in [-0.1, -0.05) is 54.1 Å². The zero-order valence-corrected chi connectivity index (χ0v) is 23.7. The van der Waals surface area contributed by atoms with Gasteiger partial charge in [-0.2, -0.15) is 5.26 Å². The first kappa shape index (κ1) is 27.9. The smallest absolute Gasteiger partial charge is 0.328 e. The van der Waals surface area contributed by atoms with E-state index in [1.165, 1.54) is 18.4 Å². The van der Waals surface area contributed by atoms with E-state index < -0.39 is 12.0 Å². The van der Waals surface area contributed by atoms with Crippen LogP contribution in [0.25, 0.3) is 21.2 Å². The molecule has 1 N–H and O–H groups in total. The van der Waals surface area contributed by atoms with Crippen LogP contribution in [-0.4, -0.2) is 25.0 Å². The summed E-state index contributed by atoms with van der Waals surface area (Å²) in [5.41, 5.74) is 4.45. The second-order valence-electron chi connectivity index (χ2n) is 9.36. The Morgan fingerprint density at radius 3 is 2.27 bits per heavy atom. The molecule has 1 amide bonds. The molecule has 1 aromatic heterocycles. The number of fused-ring (bicyclic) bond motifs is 1. The summed E-state index contributed by atoms with van der Waals surface area (Å²) in [6.45, 7) is 0.363. The molecule has 0 aliphatic heterocycles. The highest BCUT2D eigenvalue weighted by atomic mass is 35.5. The number of methoxy groups -OCH3 is 1. The molecule has 8 heteroatoms. The second kappa shape index (κ2) is 12.7. The standard InChI is InChI=1S/C33H25ClN2O4S/c1-39-33(38)29(16-21-6-13-28(14-7-21)40-20-23-4-2-22(19-35)3-5-23)36-32(37)31-18-26-17-25(10-15-30(26)41-31)24-8-11-27(34)12-9-24/h2-15,17-18,29H,16,20H2,1H3,(H,36,37). The topological polar surface area (TPSA) is 88.4 Å². The summed E-state index contributed by atoms with van der Waals surface area (Å²) in [6.07, 6.45) is 0.264. The lowest BCUT2D eigenvalue weighted by Crippen LogP contribution is -2.42. The van der Waals surface area contributed by atoms with E-state index in [0.717, 1.165) is 32.3 Å². The van der Waals surface area contributed by atoms with E-state index in [4.69, 9.17) is 26.3 Å². The van der Waals surface area contributed by atoms with Gasteiger partial charge in [0.1, 0.15) is 18.4 Å². The molecule has 0 fully saturated rings. The lowest BCUT2D eigenvalue weighted by molar-refractivity contribution is -0.142. The normalized spacial score (nSPS) is 11.4. The van der Waals surface area contributed by atoms with Crippen LogP contribution in [0.15, 0.2) is 97.1 Å². The highest BCUT2D eigenvalue weighted by Crippen LogP contribution is 2.31. The average Bonchev–Trinajstić information content (AvgIpc) is 3.44. The zero-order valence-electron chi connectivity index (χ0n) is 22.1. The molecule has 1 atom stereocenters. The first-order valence-electron chi connectivity index (χ1n) is 12.8. The van der Waals surface area contributed by atoms with E-state index in [1.807, 2.05) is 84.9 Å². The fourth-order valence-corrected chi connectivity index (χ4v) is 5.41. The van der Waals surface area contributed by atoms with Crippen molar-refractivity contribution in [2.45, 2.75) is 19.1 Å². The van der Waals surface area contributed by atoms with Crippen molar-refractivity contribution in [3.05, 3.63) is 124 Å². The highest BCUT2D eigenvalue weighted by Gasteiger charge is 2.24. The molecule has 6 nitrogen and oxygen atoms in total. The number of rotatable bonds is 9. The number of ether oxygens (including phenoxy) is 2. The van der Waals surface area contributed by atoms with Crippen molar-refractivity contribution < 1.29 is 19.1 Å². The molecule has 0 spiro atoms. The van der Waals surface area contributed by atoms with Crippen LogP contribution >= 0.6 is 22.9 Å². The van der Waals surface area contributed by atoms with E-state index >= 15 is 0 Å². The Balaban J connectivity index is 1.24. The van der Waals surface area contributed by atoms with Gasteiger partial charge in [0.2, 0.25) is 0 Å². The molecule has 0 saturated heterocycles. The van der Waals surface area contributed by atoms with Gasteiger partial charge in [-0.05, 0) is 82.2 Å². The minimum atomic E-state index is -0.854. The van der Waals surface area contributed by atoms with Crippen LogP contribution in [0.1, 0.15) is 26.4 Å². The maximum atomic E-state index is 13.2. The van der Waals surface area contributed by atoms with Gasteiger partial charge in [-0.15, -0.1) is 11.3 Å². The number of hydrogen-bond donors (Lipinski definition) is 1. The molecule has 4 aromatic carbocycles. The molecular weight excluding hydrogens is 556 g/mol. The molecule has 1 unspecified atom stereocenters. The van der Waals surface area contributed by atoms with Gasteiger partial charge < -0.3 is 14.8 Å². The Kier molecular flexibility index (Phi) is 8.64.